The number of nitrogens with one attached hydrogen (secondary N) is 1. The van der Waals surface area contributed by atoms with E-state index in [4.69, 9.17) is 9.57 Å². The van der Waals surface area contributed by atoms with Gasteiger partial charge in [0.05, 0.1) is 24.3 Å². The Morgan fingerprint density at radius 3 is 2.42 bits per heavy atom. The molecule has 0 saturated carbocycles. The van der Waals surface area contributed by atoms with Crippen LogP contribution in [0.15, 0.2) is 58.8 Å². The van der Waals surface area contributed by atoms with E-state index in [0.717, 1.165) is 27.9 Å². The zero-order valence-corrected chi connectivity index (χ0v) is 19.0. The highest BCUT2D eigenvalue weighted by molar-refractivity contribution is 7.89. The average molecular weight is 462 g/mol. The van der Waals surface area contributed by atoms with E-state index in [0.29, 0.717) is 17.3 Å². The maximum absolute atomic E-state index is 12.5. The standard InChI is InChI=1S/C21H23N3O5S2/c1-4-13-29-17-9-5-15(6-10-17)19-14-30-21(22-19)23-20(25)16-7-11-18(12-8-16)31(26,27)24(2)28-3/h5-12,14H,4,13H2,1-3H3,(H,22,23,25). The van der Waals surface area contributed by atoms with Crippen molar-refractivity contribution in [1.82, 2.24) is 9.45 Å². The number of ether oxygens (including phenoxy) is 1. The molecule has 0 aliphatic heterocycles. The highest BCUT2D eigenvalue weighted by Gasteiger charge is 2.21. The van der Waals surface area contributed by atoms with Crippen molar-refractivity contribution in [2.24, 2.45) is 0 Å². The normalized spacial score (nSPS) is 11.5. The topological polar surface area (TPSA) is 97.8 Å². The Bertz CT molecular complexity index is 1130. The number of hydrogen-bond donors (Lipinski definition) is 1. The highest BCUT2D eigenvalue weighted by Crippen LogP contribution is 2.27. The monoisotopic (exact) mass is 461 g/mol. The van der Waals surface area contributed by atoms with E-state index >= 15 is 0 Å². The largest absolute Gasteiger partial charge is 0.494 e. The van der Waals surface area contributed by atoms with Crippen LogP contribution in [-0.4, -0.2) is 44.5 Å². The third-order valence-corrected chi connectivity index (χ3v) is 6.81. The SMILES string of the molecule is CCCOc1ccc(-c2csc(NC(=O)c3ccc(S(=O)(=O)N(C)OC)cc3)n2)cc1. The Labute approximate surface area is 185 Å². The molecule has 0 aliphatic rings. The molecule has 0 bridgehead atoms. The van der Waals surface area contributed by atoms with Gasteiger partial charge in [0.15, 0.2) is 5.13 Å². The third kappa shape index (κ3) is 5.47. The van der Waals surface area contributed by atoms with Crippen molar-refractivity contribution in [2.75, 3.05) is 26.1 Å². The summed E-state index contributed by atoms with van der Waals surface area (Å²) < 4.78 is 30.8. The zero-order valence-electron chi connectivity index (χ0n) is 17.4. The van der Waals surface area contributed by atoms with Gasteiger partial charge >= 0.3 is 0 Å². The van der Waals surface area contributed by atoms with Gasteiger partial charge < -0.3 is 4.74 Å². The maximum atomic E-state index is 12.5. The van der Waals surface area contributed by atoms with Gasteiger partial charge in [-0.25, -0.2) is 13.4 Å². The minimum absolute atomic E-state index is 0.0244. The van der Waals surface area contributed by atoms with Crippen LogP contribution in [0, 0.1) is 0 Å². The lowest BCUT2D eigenvalue weighted by molar-refractivity contribution is -0.0258. The molecular formula is C21H23N3O5S2. The third-order valence-electron chi connectivity index (χ3n) is 4.36. The van der Waals surface area contributed by atoms with E-state index in [2.05, 4.69) is 17.2 Å². The van der Waals surface area contributed by atoms with Crippen LogP contribution in [-0.2, 0) is 14.9 Å². The van der Waals surface area contributed by atoms with Crippen molar-refractivity contribution in [2.45, 2.75) is 18.2 Å². The number of aromatic nitrogens is 1. The first-order chi connectivity index (χ1) is 14.8. The summed E-state index contributed by atoms with van der Waals surface area (Å²) in [6.07, 6.45) is 0.944. The van der Waals surface area contributed by atoms with E-state index in [1.54, 1.807) is 0 Å². The lowest BCUT2D eigenvalue weighted by Crippen LogP contribution is -2.25. The van der Waals surface area contributed by atoms with Gasteiger partial charge in [0.2, 0.25) is 0 Å². The van der Waals surface area contributed by atoms with E-state index in [9.17, 15) is 13.2 Å². The van der Waals surface area contributed by atoms with Gasteiger partial charge in [-0.05, 0) is 55.0 Å². The van der Waals surface area contributed by atoms with Gasteiger partial charge in [-0.15, -0.1) is 11.3 Å². The van der Waals surface area contributed by atoms with E-state index in [-0.39, 0.29) is 10.8 Å². The highest BCUT2D eigenvalue weighted by atomic mass is 32.2. The molecule has 10 heteroatoms. The summed E-state index contributed by atoms with van der Waals surface area (Å²) in [7, 11) is -1.21. The van der Waals surface area contributed by atoms with Crippen LogP contribution in [0.2, 0.25) is 0 Å². The first-order valence-corrected chi connectivity index (χ1v) is 11.8. The van der Waals surface area contributed by atoms with E-state index < -0.39 is 10.0 Å². The van der Waals surface area contributed by atoms with Crippen LogP contribution >= 0.6 is 11.3 Å². The molecule has 0 aliphatic carbocycles. The molecule has 31 heavy (non-hydrogen) atoms. The number of carbonyl (C=O) groups excluding carboxylic acids is 1. The number of nitrogens with zero attached hydrogens (tertiary/aromatic N) is 2. The average Bonchev–Trinajstić information content (AvgIpc) is 3.25. The molecule has 0 atom stereocenters. The van der Waals surface area contributed by atoms with Crippen molar-refractivity contribution in [3.05, 3.63) is 59.5 Å². The summed E-state index contributed by atoms with van der Waals surface area (Å²) in [5, 5.41) is 5.04. The van der Waals surface area contributed by atoms with E-state index in [1.807, 2.05) is 29.6 Å². The van der Waals surface area contributed by atoms with Crippen LogP contribution < -0.4 is 10.1 Å². The number of rotatable bonds is 9. The number of sulfonamides is 1. The molecule has 3 rings (SSSR count). The Morgan fingerprint density at radius 2 is 1.81 bits per heavy atom. The second-order valence-corrected chi connectivity index (χ2v) is 9.28. The second kappa shape index (κ2) is 10.0. The van der Waals surface area contributed by atoms with Crippen LogP contribution in [0.1, 0.15) is 23.7 Å². The van der Waals surface area contributed by atoms with Crippen molar-refractivity contribution in [3.8, 4) is 17.0 Å². The van der Waals surface area contributed by atoms with Gasteiger partial charge in [-0.2, -0.15) is 0 Å². The molecule has 1 heterocycles. The molecule has 0 spiro atoms. The van der Waals surface area contributed by atoms with Crippen LogP contribution in [0.4, 0.5) is 5.13 Å². The van der Waals surface area contributed by atoms with Gasteiger partial charge in [-0.1, -0.05) is 11.4 Å². The van der Waals surface area contributed by atoms with E-state index in [1.165, 1.54) is 49.8 Å². The quantitative estimate of drug-likeness (QED) is 0.483. The summed E-state index contributed by atoms with van der Waals surface area (Å²) in [5.41, 5.74) is 1.97. The molecule has 1 aromatic heterocycles. The summed E-state index contributed by atoms with van der Waals surface area (Å²) in [5.74, 6) is 0.421. The lowest BCUT2D eigenvalue weighted by atomic mass is 10.2. The van der Waals surface area contributed by atoms with Gasteiger partial charge in [0.25, 0.3) is 15.9 Å². The van der Waals surface area contributed by atoms with Gasteiger partial charge in [-0.3, -0.25) is 14.9 Å². The van der Waals surface area contributed by atoms with Crippen LogP contribution in [0.25, 0.3) is 11.3 Å². The number of carbonyl (C=O) groups is 1. The Kier molecular flexibility index (Phi) is 7.39. The summed E-state index contributed by atoms with van der Waals surface area (Å²) >= 11 is 1.31. The molecule has 2 aromatic carbocycles. The molecule has 0 fully saturated rings. The lowest BCUT2D eigenvalue weighted by Gasteiger charge is -2.14. The van der Waals surface area contributed by atoms with Crippen LogP contribution in [0.3, 0.4) is 0 Å². The number of amides is 1. The fraction of sp³-hybridized carbons (Fsp3) is 0.238. The van der Waals surface area contributed by atoms with Crippen molar-refractivity contribution in [3.63, 3.8) is 0 Å². The predicted molar refractivity (Wildman–Crippen MR) is 120 cm³/mol. The molecule has 164 valence electrons. The molecule has 8 nitrogen and oxygen atoms in total. The zero-order chi connectivity index (χ0) is 22.4. The predicted octanol–water partition coefficient (Wildman–Crippen LogP) is 4.03. The molecule has 0 radical (unpaired) electrons. The molecule has 0 unspecified atom stereocenters. The van der Waals surface area contributed by atoms with Gasteiger partial charge in [0.1, 0.15) is 5.75 Å². The van der Waals surface area contributed by atoms with Crippen LogP contribution in [0.5, 0.6) is 5.75 Å². The van der Waals surface area contributed by atoms with Crippen molar-refractivity contribution < 1.29 is 22.8 Å². The Morgan fingerprint density at radius 1 is 1.13 bits per heavy atom. The Balaban J connectivity index is 1.67. The first-order valence-electron chi connectivity index (χ1n) is 9.48. The fourth-order valence-corrected chi connectivity index (χ4v) is 4.29. The number of benzene rings is 2. The molecule has 1 N–H and O–H groups in total. The van der Waals surface area contributed by atoms with Crippen molar-refractivity contribution in [1.29, 1.82) is 0 Å². The summed E-state index contributed by atoms with van der Waals surface area (Å²) in [6, 6.07) is 13.2. The minimum Gasteiger partial charge on any atom is -0.494 e. The molecular weight excluding hydrogens is 438 g/mol. The number of hydrogen-bond acceptors (Lipinski definition) is 7. The number of thiazole rings is 1. The second-order valence-electron chi connectivity index (χ2n) is 6.49. The molecule has 0 saturated heterocycles. The number of anilines is 1. The smallest absolute Gasteiger partial charge is 0.264 e. The minimum atomic E-state index is -3.77. The molecule has 3 aromatic rings. The maximum Gasteiger partial charge on any atom is 0.264 e. The summed E-state index contributed by atoms with van der Waals surface area (Å²) in [6.45, 7) is 2.72. The van der Waals surface area contributed by atoms with Gasteiger partial charge in [0, 0.05) is 23.6 Å². The fourth-order valence-electron chi connectivity index (χ4n) is 2.60. The number of hydroxylamine groups is 1. The summed E-state index contributed by atoms with van der Waals surface area (Å²) in [4.78, 5) is 21.7. The first kappa shape index (κ1) is 22.9. The molecule has 1 amide bonds. The van der Waals surface area contributed by atoms with Crippen molar-refractivity contribution >= 4 is 32.4 Å². The Hall–Kier alpha value is -2.79.